The first-order valence-corrected chi connectivity index (χ1v) is 16.3. The third-order valence-corrected chi connectivity index (χ3v) is 9.35. The number of aromatic amines is 1. The van der Waals surface area contributed by atoms with Crippen LogP contribution in [0, 0.1) is 23.2 Å². The molecule has 45 heavy (non-hydrogen) atoms. The van der Waals surface area contributed by atoms with E-state index >= 15 is 0 Å². The summed E-state index contributed by atoms with van der Waals surface area (Å²) in [6, 6.07) is 3.29. The molecule has 3 atom stereocenters. The normalized spacial score (nSPS) is 23.1. The van der Waals surface area contributed by atoms with Gasteiger partial charge in [0.15, 0.2) is 0 Å². The van der Waals surface area contributed by atoms with Gasteiger partial charge in [0, 0.05) is 44.6 Å². The van der Waals surface area contributed by atoms with E-state index in [-0.39, 0.29) is 29.3 Å². The molecule has 4 N–H and O–H groups in total. The van der Waals surface area contributed by atoms with Crippen molar-refractivity contribution in [1.29, 1.82) is 0 Å². The summed E-state index contributed by atoms with van der Waals surface area (Å²) < 4.78 is 1.74. The number of aromatic nitrogens is 2. The number of fused-ring (bicyclic) bond motifs is 2. The molecule has 0 radical (unpaired) electrons. The maximum atomic E-state index is 12.3. The number of carbonyl (C=O) groups is 4. The van der Waals surface area contributed by atoms with Crippen molar-refractivity contribution in [2.45, 2.75) is 111 Å². The van der Waals surface area contributed by atoms with Crippen molar-refractivity contribution in [3.05, 3.63) is 52.2 Å². The van der Waals surface area contributed by atoms with Gasteiger partial charge in [0.2, 0.25) is 12.2 Å². The molecule has 2 heterocycles. The molecule has 2 saturated carbocycles. The van der Waals surface area contributed by atoms with Crippen molar-refractivity contribution >= 4 is 29.7 Å². The highest BCUT2D eigenvalue weighted by Gasteiger charge is 2.40. The van der Waals surface area contributed by atoms with Gasteiger partial charge in [0.05, 0.1) is 5.56 Å². The van der Waals surface area contributed by atoms with Crippen LogP contribution in [0.3, 0.4) is 0 Å². The Bertz CT molecular complexity index is 1370. The summed E-state index contributed by atoms with van der Waals surface area (Å²) in [5.74, 6) is 1.40. The lowest BCUT2D eigenvalue weighted by atomic mass is 9.58. The van der Waals surface area contributed by atoms with E-state index in [1.165, 1.54) is 39.2 Å². The number of Topliss-reactive ketones (excluding diaryl/α,β-unsaturated/α-hetero) is 1. The lowest BCUT2D eigenvalue weighted by Crippen LogP contribution is -2.37. The molecule has 0 saturated heterocycles. The van der Waals surface area contributed by atoms with Crippen LogP contribution in [-0.2, 0) is 26.3 Å². The van der Waals surface area contributed by atoms with Gasteiger partial charge in [0.25, 0.3) is 17.4 Å². The van der Waals surface area contributed by atoms with Gasteiger partial charge in [-0.1, -0.05) is 34.6 Å². The second kappa shape index (κ2) is 15.5. The largest absolute Gasteiger partial charge is 0.367 e. The number of hydrogen-bond donors (Lipinski definition) is 4. The SMILES string of the molecule is CC1CC2CC(C1)CC(C)(CCn1cccc(NC=O)c1=O)C2.CNC(=O)C(=O)CCC(C)NC(=O)c1c[nH]cc1C(C)(C)C. The van der Waals surface area contributed by atoms with E-state index in [1.807, 2.05) is 46.2 Å². The molecule has 0 spiro atoms. The van der Waals surface area contributed by atoms with Crippen molar-refractivity contribution in [3.63, 3.8) is 0 Å². The number of rotatable bonds is 11. The average Bonchev–Trinajstić information content (AvgIpc) is 3.47. The molecule has 0 aliphatic heterocycles. The zero-order valence-electron chi connectivity index (χ0n) is 28.1. The summed E-state index contributed by atoms with van der Waals surface area (Å²) in [5, 5.41) is 7.65. The third kappa shape index (κ3) is 10.2. The maximum absolute atomic E-state index is 12.3. The predicted molar refractivity (Wildman–Crippen MR) is 177 cm³/mol. The Morgan fingerprint density at radius 2 is 1.80 bits per heavy atom. The van der Waals surface area contributed by atoms with Crippen LogP contribution in [0.2, 0.25) is 0 Å². The lowest BCUT2D eigenvalue weighted by Gasteiger charge is -2.47. The number of aryl methyl sites for hydroxylation is 1. The van der Waals surface area contributed by atoms with Crippen LogP contribution in [0.25, 0.3) is 0 Å². The van der Waals surface area contributed by atoms with E-state index in [2.05, 4.69) is 34.8 Å². The number of anilines is 1. The molecular weight excluding hydrogens is 570 g/mol. The molecule has 2 fully saturated rings. The predicted octanol–water partition coefficient (Wildman–Crippen LogP) is 5.19. The van der Waals surface area contributed by atoms with Crippen LogP contribution in [0.4, 0.5) is 5.69 Å². The standard InChI is InChI=1S/C19H28N2O2.C16H25N3O3/c1-14-8-15-10-16(9-14)12-19(2,11-15)5-7-21-6-3-4-17(18(21)23)20-13-22;1-10(6-7-13(20)15(22)17-5)19-14(21)11-8-18-9-12(11)16(2,3)4/h3-4,6,13-16H,5,7-12H2,1-2H3,(H,20,22);8-10,18H,6-7H2,1-5H3,(H,17,22)(H,19,21). The summed E-state index contributed by atoms with van der Waals surface area (Å²) in [5.41, 5.74) is 2.03. The van der Waals surface area contributed by atoms with Crippen molar-refractivity contribution in [2.75, 3.05) is 12.4 Å². The first kappa shape index (κ1) is 35.8. The molecule has 4 rings (SSSR count). The van der Waals surface area contributed by atoms with Crippen LogP contribution < -0.4 is 21.5 Å². The zero-order chi connectivity index (χ0) is 33.4. The summed E-state index contributed by atoms with van der Waals surface area (Å²) in [6.45, 7) is 13.5. The van der Waals surface area contributed by atoms with Crippen molar-refractivity contribution < 1.29 is 19.2 Å². The van der Waals surface area contributed by atoms with Crippen molar-refractivity contribution in [3.8, 4) is 0 Å². The van der Waals surface area contributed by atoms with Gasteiger partial charge in [-0.25, -0.2) is 0 Å². The van der Waals surface area contributed by atoms with Gasteiger partial charge >= 0.3 is 0 Å². The van der Waals surface area contributed by atoms with Gasteiger partial charge < -0.3 is 25.5 Å². The van der Waals surface area contributed by atoms with E-state index in [9.17, 15) is 24.0 Å². The Kier molecular flexibility index (Phi) is 12.4. The number of nitrogens with one attached hydrogen (secondary N) is 4. The minimum Gasteiger partial charge on any atom is -0.367 e. The Hall–Kier alpha value is -3.69. The Morgan fingerprint density at radius 1 is 1.13 bits per heavy atom. The molecule has 2 aliphatic rings. The molecule has 2 bridgehead atoms. The second-order valence-electron chi connectivity index (χ2n) is 14.6. The third-order valence-electron chi connectivity index (χ3n) is 9.35. The van der Waals surface area contributed by atoms with Gasteiger partial charge in [-0.2, -0.15) is 0 Å². The fraction of sp³-hybridized carbons (Fsp3) is 0.629. The smallest absolute Gasteiger partial charge is 0.287 e. The number of nitrogens with zero attached hydrogens (tertiary/aromatic N) is 1. The summed E-state index contributed by atoms with van der Waals surface area (Å²) in [7, 11) is 1.42. The molecule has 2 aromatic heterocycles. The second-order valence-corrected chi connectivity index (χ2v) is 14.6. The molecule has 10 nitrogen and oxygen atoms in total. The molecular formula is C35H53N5O5. The van der Waals surface area contributed by atoms with Crippen LogP contribution in [0.1, 0.15) is 109 Å². The van der Waals surface area contributed by atoms with E-state index in [4.69, 9.17) is 0 Å². The highest BCUT2D eigenvalue weighted by atomic mass is 16.2. The first-order chi connectivity index (χ1) is 21.2. The highest BCUT2D eigenvalue weighted by molar-refractivity contribution is 6.36. The van der Waals surface area contributed by atoms with E-state index in [0.717, 1.165) is 36.3 Å². The van der Waals surface area contributed by atoms with E-state index in [1.54, 1.807) is 16.8 Å². The fourth-order valence-corrected chi connectivity index (χ4v) is 7.34. The molecule has 3 amide bonds. The van der Waals surface area contributed by atoms with E-state index < -0.39 is 11.7 Å². The Balaban J connectivity index is 0.000000246. The quantitative estimate of drug-likeness (QED) is 0.201. The number of ketones is 1. The number of H-pyrrole nitrogens is 1. The van der Waals surface area contributed by atoms with Gasteiger partial charge in [-0.3, -0.25) is 24.0 Å². The zero-order valence-corrected chi connectivity index (χ0v) is 28.1. The number of amides is 3. The molecule has 3 unspecified atom stereocenters. The number of pyridine rings is 1. The van der Waals surface area contributed by atoms with Gasteiger partial charge in [-0.05, 0) is 98.1 Å². The number of hydrogen-bond acceptors (Lipinski definition) is 5. The summed E-state index contributed by atoms with van der Waals surface area (Å²) in [6.07, 6.45) is 14.2. The molecule has 248 valence electrons. The maximum Gasteiger partial charge on any atom is 0.287 e. The molecule has 10 heteroatoms. The van der Waals surface area contributed by atoms with Crippen LogP contribution >= 0.6 is 0 Å². The van der Waals surface area contributed by atoms with Gasteiger partial charge in [-0.15, -0.1) is 0 Å². The molecule has 2 aromatic rings. The molecule has 2 aliphatic carbocycles. The fourth-order valence-electron chi connectivity index (χ4n) is 7.34. The van der Waals surface area contributed by atoms with Crippen molar-refractivity contribution in [2.24, 2.45) is 23.2 Å². The van der Waals surface area contributed by atoms with E-state index in [0.29, 0.717) is 29.5 Å². The minimum atomic E-state index is -0.598. The van der Waals surface area contributed by atoms with Crippen LogP contribution in [-0.4, -0.2) is 46.6 Å². The van der Waals surface area contributed by atoms with Crippen molar-refractivity contribution in [1.82, 2.24) is 20.2 Å². The highest BCUT2D eigenvalue weighted by Crippen LogP contribution is 2.51. The summed E-state index contributed by atoms with van der Waals surface area (Å²) in [4.78, 5) is 60.8. The van der Waals surface area contributed by atoms with Gasteiger partial charge in [0.1, 0.15) is 5.69 Å². The van der Waals surface area contributed by atoms with Crippen LogP contribution in [0.5, 0.6) is 0 Å². The molecule has 0 aromatic carbocycles. The number of likely N-dealkylation sites (N-methyl/N-ethyl adjacent to an activating group) is 1. The topological polar surface area (TPSA) is 142 Å². The summed E-state index contributed by atoms with van der Waals surface area (Å²) >= 11 is 0. The lowest BCUT2D eigenvalue weighted by molar-refractivity contribution is -0.137. The minimum absolute atomic E-state index is 0.104. The Morgan fingerprint density at radius 3 is 2.40 bits per heavy atom. The number of carbonyl (C=O) groups excluding carboxylic acids is 4. The first-order valence-electron chi connectivity index (χ1n) is 16.3. The monoisotopic (exact) mass is 623 g/mol. The Labute approximate surface area is 267 Å². The van der Waals surface area contributed by atoms with Crippen LogP contribution in [0.15, 0.2) is 35.5 Å². The average molecular weight is 624 g/mol.